The summed E-state index contributed by atoms with van der Waals surface area (Å²) in [6.07, 6.45) is 7.66. The van der Waals surface area contributed by atoms with E-state index in [1.165, 1.54) is 19.3 Å². The van der Waals surface area contributed by atoms with E-state index in [2.05, 4.69) is 0 Å². The summed E-state index contributed by atoms with van der Waals surface area (Å²) in [5, 5.41) is 10.1. The van der Waals surface area contributed by atoms with Crippen LogP contribution in [0.15, 0.2) is 0 Å². The number of aliphatic hydroxyl groups is 1. The fourth-order valence-electron chi connectivity index (χ4n) is 4.06. The normalized spacial score (nSPS) is 60.3. The Morgan fingerprint density at radius 1 is 0.818 bits per heavy atom. The highest BCUT2D eigenvalue weighted by Crippen LogP contribution is 2.55. The van der Waals surface area contributed by atoms with Crippen molar-refractivity contribution in [3.05, 3.63) is 0 Å². The van der Waals surface area contributed by atoms with E-state index in [0.29, 0.717) is 0 Å². The first-order valence-electron chi connectivity index (χ1n) is 4.96. The lowest BCUT2D eigenvalue weighted by Gasteiger charge is -2.54. The summed E-state index contributed by atoms with van der Waals surface area (Å²) in [7, 11) is 0. The van der Waals surface area contributed by atoms with E-state index in [-0.39, 0.29) is 5.60 Å². The SMILES string of the molecule is O[13C]12CC3CC(CC(C3)C1)C2. The molecule has 0 atom stereocenters. The van der Waals surface area contributed by atoms with E-state index in [0.717, 1.165) is 37.0 Å². The van der Waals surface area contributed by atoms with Gasteiger partial charge >= 0.3 is 0 Å². The summed E-state index contributed by atoms with van der Waals surface area (Å²) in [6.45, 7) is 0. The van der Waals surface area contributed by atoms with Crippen LogP contribution in [0.2, 0.25) is 0 Å². The molecule has 1 heteroatoms. The largest absolute Gasteiger partial charge is 0.390 e. The zero-order valence-electron chi connectivity index (χ0n) is 6.92. The van der Waals surface area contributed by atoms with Crippen molar-refractivity contribution in [1.82, 2.24) is 0 Å². The van der Waals surface area contributed by atoms with Gasteiger partial charge in [0.15, 0.2) is 0 Å². The molecule has 62 valence electrons. The smallest absolute Gasteiger partial charge is 0.0655 e. The lowest BCUT2D eigenvalue weighted by molar-refractivity contribution is -0.124. The van der Waals surface area contributed by atoms with E-state index >= 15 is 0 Å². The average Bonchev–Trinajstić information content (AvgIpc) is 1.79. The molecule has 0 aromatic rings. The third kappa shape index (κ3) is 0.868. The highest BCUT2D eigenvalue weighted by atomic mass is 16.4. The first-order chi connectivity index (χ1) is 5.23. The van der Waals surface area contributed by atoms with Gasteiger partial charge in [-0.3, -0.25) is 0 Å². The van der Waals surface area contributed by atoms with E-state index < -0.39 is 0 Å². The minimum Gasteiger partial charge on any atom is -0.390 e. The third-order valence-electron chi connectivity index (χ3n) is 4.01. The molecule has 4 bridgehead atoms. The Hall–Kier alpha value is -0.0400. The second-order valence-electron chi connectivity index (χ2n) is 5.14. The lowest BCUT2D eigenvalue weighted by Crippen LogP contribution is -2.50. The molecule has 4 aliphatic rings. The van der Waals surface area contributed by atoms with Crippen molar-refractivity contribution in [2.24, 2.45) is 17.8 Å². The predicted octanol–water partition coefficient (Wildman–Crippen LogP) is 1.95. The van der Waals surface area contributed by atoms with E-state index in [1.54, 1.807) is 0 Å². The molecule has 0 spiro atoms. The van der Waals surface area contributed by atoms with E-state index in [4.69, 9.17) is 0 Å². The predicted molar refractivity (Wildman–Crippen MR) is 43.1 cm³/mol. The molecule has 0 aromatic carbocycles. The van der Waals surface area contributed by atoms with Gasteiger partial charge in [-0.25, -0.2) is 0 Å². The maximum atomic E-state index is 10.1. The van der Waals surface area contributed by atoms with Crippen molar-refractivity contribution >= 4 is 0 Å². The quantitative estimate of drug-likeness (QED) is 0.527. The highest BCUT2D eigenvalue weighted by molar-refractivity contribution is 5.01. The van der Waals surface area contributed by atoms with Crippen LogP contribution >= 0.6 is 0 Å². The first kappa shape index (κ1) is 6.47. The van der Waals surface area contributed by atoms with Crippen LogP contribution in [-0.4, -0.2) is 10.7 Å². The Labute approximate surface area is 67.8 Å². The van der Waals surface area contributed by atoms with Crippen LogP contribution in [0.4, 0.5) is 0 Å². The minimum absolute atomic E-state index is 0.200. The molecule has 1 nitrogen and oxygen atoms in total. The molecular formula is C10H16O. The van der Waals surface area contributed by atoms with Crippen LogP contribution in [0.1, 0.15) is 38.5 Å². The standard InChI is InChI=1S/C10H16O/c11-10-4-7-1-8(5-10)3-9(2-7)6-10/h7-9,11H,1-6H2/i10+1. The summed E-state index contributed by atoms with van der Waals surface area (Å²) in [5.41, 5.74) is -0.200. The number of hydrogen-bond donors (Lipinski definition) is 1. The zero-order chi connectivity index (χ0) is 7.47. The second kappa shape index (κ2) is 1.82. The van der Waals surface area contributed by atoms with Gasteiger partial charge in [-0.05, 0) is 56.3 Å². The van der Waals surface area contributed by atoms with Crippen LogP contribution in [-0.2, 0) is 0 Å². The van der Waals surface area contributed by atoms with Gasteiger partial charge in [-0.2, -0.15) is 0 Å². The Kier molecular flexibility index (Phi) is 1.07. The summed E-state index contributed by atoms with van der Waals surface area (Å²) < 4.78 is 0. The van der Waals surface area contributed by atoms with Gasteiger partial charge in [0, 0.05) is 0 Å². The molecule has 0 unspecified atom stereocenters. The number of hydrogen-bond acceptors (Lipinski definition) is 1. The van der Waals surface area contributed by atoms with Crippen molar-refractivity contribution in [3.63, 3.8) is 0 Å². The van der Waals surface area contributed by atoms with Gasteiger partial charge in [0.25, 0.3) is 0 Å². The van der Waals surface area contributed by atoms with Crippen LogP contribution < -0.4 is 0 Å². The van der Waals surface area contributed by atoms with Crippen molar-refractivity contribution < 1.29 is 5.11 Å². The van der Waals surface area contributed by atoms with Gasteiger partial charge in [-0.1, -0.05) is 0 Å². The molecular weight excluding hydrogens is 137 g/mol. The van der Waals surface area contributed by atoms with Crippen molar-refractivity contribution in [2.75, 3.05) is 0 Å². The fraction of sp³-hybridized carbons (Fsp3) is 1.00. The highest BCUT2D eigenvalue weighted by Gasteiger charge is 2.49. The monoisotopic (exact) mass is 153 g/mol. The molecule has 4 aliphatic carbocycles. The number of rotatable bonds is 0. The van der Waals surface area contributed by atoms with Gasteiger partial charge in [0.1, 0.15) is 0 Å². The van der Waals surface area contributed by atoms with Crippen molar-refractivity contribution in [2.45, 2.75) is 44.1 Å². The van der Waals surface area contributed by atoms with E-state index in [9.17, 15) is 5.11 Å². The van der Waals surface area contributed by atoms with Crippen molar-refractivity contribution in [1.29, 1.82) is 0 Å². The average molecular weight is 153 g/mol. The van der Waals surface area contributed by atoms with Crippen molar-refractivity contribution in [3.8, 4) is 0 Å². The molecule has 0 amide bonds. The molecule has 0 aromatic heterocycles. The minimum atomic E-state index is -0.200. The molecule has 0 heterocycles. The molecule has 0 saturated heterocycles. The van der Waals surface area contributed by atoms with Crippen LogP contribution in [0.3, 0.4) is 0 Å². The van der Waals surface area contributed by atoms with Crippen LogP contribution in [0.5, 0.6) is 0 Å². The summed E-state index contributed by atoms with van der Waals surface area (Å²) in [4.78, 5) is 0. The molecule has 0 aliphatic heterocycles. The van der Waals surface area contributed by atoms with Gasteiger partial charge in [0.2, 0.25) is 0 Å². The van der Waals surface area contributed by atoms with Gasteiger partial charge in [0.05, 0.1) is 5.60 Å². The molecule has 11 heavy (non-hydrogen) atoms. The molecule has 4 saturated carbocycles. The summed E-state index contributed by atoms with van der Waals surface area (Å²) >= 11 is 0. The second-order valence-corrected chi connectivity index (χ2v) is 5.14. The lowest BCUT2D eigenvalue weighted by atomic mass is 9.64. The Morgan fingerprint density at radius 2 is 1.18 bits per heavy atom. The maximum absolute atomic E-state index is 10.1. The van der Waals surface area contributed by atoms with Crippen LogP contribution in [0, 0.1) is 17.8 Å². The fourth-order valence-corrected chi connectivity index (χ4v) is 4.06. The Bertz CT molecular complexity index is 150. The van der Waals surface area contributed by atoms with E-state index in [1.807, 2.05) is 0 Å². The molecule has 4 fully saturated rings. The third-order valence-corrected chi connectivity index (χ3v) is 4.01. The molecule has 4 rings (SSSR count). The topological polar surface area (TPSA) is 20.2 Å². The zero-order valence-corrected chi connectivity index (χ0v) is 6.92. The van der Waals surface area contributed by atoms with Gasteiger partial charge < -0.3 is 5.11 Å². The molecule has 1 N–H and O–H groups in total. The van der Waals surface area contributed by atoms with Crippen LogP contribution in [0.25, 0.3) is 0 Å². The summed E-state index contributed by atoms with van der Waals surface area (Å²) in [5.74, 6) is 2.68. The first-order valence-corrected chi connectivity index (χ1v) is 4.96. The Morgan fingerprint density at radius 3 is 1.45 bits per heavy atom. The Balaban J connectivity index is 1.94. The van der Waals surface area contributed by atoms with Gasteiger partial charge in [-0.15, -0.1) is 0 Å². The maximum Gasteiger partial charge on any atom is 0.0655 e. The molecule has 0 radical (unpaired) electrons. The summed E-state index contributed by atoms with van der Waals surface area (Å²) in [6, 6.07) is 0.